The number of unbranched alkanes of at least 4 members (excludes halogenated alkanes) is 1. The molecule has 0 aliphatic rings. The Morgan fingerprint density at radius 3 is 2.33 bits per heavy atom. The number of hydrogen-bond acceptors (Lipinski definition) is 3. The highest BCUT2D eigenvalue weighted by molar-refractivity contribution is 5.79. The van der Waals surface area contributed by atoms with Crippen molar-refractivity contribution in [3.63, 3.8) is 0 Å². The van der Waals surface area contributed by atoms with Crippen LogP contribution in [0.2, 0.25) is 0 Å². The van der Waals surface area contributed by atoms with Crippen molar-refractivity contribution in [3.8, 4) is 0 Å². The van der Waals surface area contributed by atoms with E-state index < -0.39 is 17.5 Å². The van der Waals surface area contributed by atoms with Crippen LogP contribution in [0.4, 0.5) is 20.2 Å². The van der Waals surface area contributed by atoms with Gasteiger partial charge in [-0.15, -0.1) is 0 Å². The van der Waals surface area contributed by atoms with E-state index in [1.54, 1.807) is 0 Å². The lowest BCUT2D eigenvalue weighted by Crippen LogP contribution is -2.35. The maximum Gasteiger partial charge on any atom is 0.236 e. The number of nitrogens with zero attached hydrogens (tertiary/aromatic N) is 1. The average molecular weight is 257 g/mol. The van der Waals surface area contributed by atoms with Crippen LogP contribution < -0.4 is 16.4 Å². The van der Waals surface area contributed by atoms with Gasteiger partial charge in [0.15, 0.2) is 11.6 Å². The van der Waals surface area contributed by atoms with Crippen LogP contribution in [0, 0.1) is 11.6 Å². The van der Waals surface area contributed by atoms with E-state index in [1.807, 2.05) is 6.92 Å². The van der Waals surface area contributed by atoms with E-state index in [4.69, 9.17) is 11.5 Å². The van der Waals surface area contributed by atoms with Crippen molar-refractivity contribution in [3.05, 3.63) is 23.8 Å². The first kappa shape index (κ1) is 14.2. The van der Waals surface area contributed by atoms with E-state index in [-0.39, 0.29) is 17.9 Å². The van der Waals surface area contributed by atoms with Gasteiger partial charge in [0, 0.05) is 12.2 Å². The molecule has 0 heterocycles. The monoisotopic (exact) mass is 257 g/mol. The van der Waals surface area contributed by atoms with Crippen molar-refractivity contribution in [1.29, 1.82) is 0 Å². The minimum atomic E-state index is -0.787. The summed E-state index contributed by atoms with van der Waals surface area (Å²) in [5.41, 5.74) is 10.2. The molecule has 1 rings (SSSR count). The maximum atomic E-state index is 13.7. The molecule has 1 aromatic rings. The Hall–Kier alpha value is -1.85. The first-order valence-electron chi connectivity index (χ1n) is 5.73. The van der Waals surface area contributed by atoms with Gasteiger partial charge in [0.05, 0.1) is 6.54 Å². The van der Waals surface area contributed by atoms with Crippen molar-refractivity contribution in [1.82, 2.24) is 0 Å². The number of halogens is 2. The third-order valence-electron chi connectivity index (χ3n) is 2.48. The quantitative estimate of drug-likeness (QED) is 0.761. The number of carbonyl (C=O) groups excluding carboxylic acids is 1. The summed E-state index contributed by atoms with van der Waals surface area (Å²) in [7, 11) is 0. The van der Waals surface area contributed by atoms with E-state index in [2.05, 4.69) is 0 Å². The fourth-order valence-electron chi connectivity index (χ4n) is 1.69. The normalized spacial score (nSPS) is 10.4. The van der Waals surface area contributed by atoms with Crippen molar-refractivity contribution in [2.45, 2.75) is 19.8 Å². The third-order valence-corrected chi connectivity index (χ3v) is 2.48. The van der Waals surface area contributed by atoms with Gasteiger partial charge in [0.1, 0.15) is 5.69 Å². The standard InChI is InChI=1S/C12H17F2N3O/c1-2-3-4-17(7-11(16)18)12-9(13)5-8(15)6-10(12)14/h5-6H,2-4,7,15H2,1H3,(H2,16,18). The highest BCUT2D eigenvalue weighted by Crippen LogP contribution is 2.26. The zero-order valence-corrected chi connectivity index (χ0v) is 10.2. The lowest BCUT2D eigenvalue weighted by Gasteiger charge is -2.24. The Bertz CT molecular complexity index is 414. The number of benzene rings is 1. The minimum Gasteiger partial charge on any atom is -0.399 e. The largest absolute Gasteiger partial charge is 0.399 e. The smallest absolute Gasteiger partial charge is 0.236 e. The van der Waals surface area contributed by atoms with Gasteiger partial charge in [-0.2, -0.15) is 0 Å². The van der Waals surface area contributed by atoms with Crippen molar-refractivity contribution in [2.24, 2.45) is 5.73 Å². The number of nitrogens with two attached hydrogens (primary N) is 2. The summed E-state index contributed by atoms with van der Waals surface area (Å²) in [4.78, 5) is 12.2. The van der Waals surface area contributed by atoms with E-state index >= 15 is 0 Å². The molecular formula is C12H17F2N3O. The van der Waals surface area contributed by atoms with Crippen LogP contribution in [0.1, 0.15) is 19.8 Å². The van der Waals surface area contributed by atoms with Crippen molar-refractivity contribution >= 4 is 17.3 Å². The molecule has 100 valence electrons. The van der Waals surface area contributed by atoms with Gasteiger partial charge in [-0.1, -0.05) is 13.3 Å². The molecule has 0 radical (unpaired) electrons. The highest BCUT2D eigenvalue weighted by atomic mass is 19.1. The topological polar surface area (TPSA) is 72.3 Å². The molecule has 6 heteroatoms. The molecule has 18 heavy (non-hydrogen) atoms. The third kappa shape index (κ3) is 3.58. The predicted octanol–water partition coefficient (Wildman–Crippen LogP) is 1.64. The molecule has 0 atom stereocenters. The van der Waals surface area contributed by atoms with Gasteiger partial charge in [0.2, 0.25) is 5.91 Å². The molecule has 4 N–H and O–H groups in total. The summed E-state index contributed by atoms with van der Waals surface area (Å²) in [6.45, 7) is 2.08. The average Bonchev–Trinajstić information content (AvgIpc) is 2.23. The SMILES string of the molecule is CCCCN(CC(N)=O)c1c(F)cc(N)cc1F. The number of hydrogen-bond donors (Lipinski definition) is 2. The lowest BCUT2D eigenvalue weighted by molar-refractivity contribution is -0.116. The molecule has 0 bridgehead atoms. The fourth-order valence-corrected chi connectivity index (χ4v) is 1.69. The second kappa shape index (κ2) is 6.18. The Morgan fingerprint density at radius 2 is 1.89 bits per heavy atom. The summed E-state index contributed by atoms with van der Waals surface area (Å²) >= 11 is 0. The summed E-state index contributed by atoms with van der Waals surface area (Å²) in [5.74, 6) is -2.21. The first-order chi connectivity index (χ1) is 8.45. The molecule has 0 fully saturated rings. The summed E-state index contributed by atoms with van der Waals surface area (Å²) in [6.07, 6.45) is 1.55. The summed E-state index contributed by atoms with van der Waals surface area (Å²) in [6, 6.07) is 2.05. The number of anilines is 2. The maximum absolute atomic E-state index is 13.7. The molecular weight excluding hydrogens is 240 g/mol. The molecule has 1 aromatic carbocycles. The van der Waals surface area contributed by atoms with E-state index in [0.717, 1.165) is 18.6 Å². The first-order valence-corrected chi connectivity index (χ1v) is 5.73. The van der Waals surface area contributed by atoms with E-state index in [1.165, 1.54) is 4.90 Å². The molecule has 1 amide bonds. The van der Waals surface area contributed by atoms with Gasteiger partial charge in [-0.3, -0.25) is 4.79 Å². The Kier molecular flexibility index (Phi) is 4.88. The summed E-state index contributed by atoms with van der Waals surface area (Å²) in [5, 5.41) is 0. The molecule has 0 unspecified atom stereocenters. The van der Waals surface area contributed by atoms with Gasteiger partial charge >= 0.3 is 0 Å². The lowest BCUT2D eigenvalue weighted by atomic mass is 10.2. The second-order valence-electron chi connectivity index (χ2n) is 4.07. The zero-order valence-electron chi connectivity index (χ0n) is 10.2. The van der Waals surface area contributed by atoms with Crippen LogP contribution in [0.5, 0.6) is 0 Å². The molecule has 4 nitrogen and oxygen atoms in total. The van der Waals surface area contributed by atoms with Gasteiger partial charge in [-0.05, 0) is 18.6 Å². The highest BCUT2D eigenvalue weighted by Gasteiger charge is 2.18. The Labute approximate surface area is 105 Å². The van der Waals surface area contributed by atoms with Crippen LogP contribution in [-0.4, -0.2) is 19.0 Å². The molecule has 0 spiro atoms. The number of nitrogen functional groups attached to an aromatic ring is 1. The number of primary amides is 1. The van der Waals surface area contributed by atoms with Gasteiger partial charge in [0.25, 0.3) is 0 Å². The Morgan fingerprint density at radius 1 is 1.33 bits per heavy atom. The van der Waals surface area contributed by atoms with Gasteiger partial charge in [-0.25, -0.2) is 8.78 Å². The fraction of sp³-hybridized carbons (Fsp3) is 0.417. The Balaban J connectivity index is 3.07. The van der Waals surface area contributed by atoms with Crippen molar-refractivity contribution < 1.29 is 13.6 Å². The zero-order chi connectivity index (χ0) is 13.7. The second-order valence-corrected chi connectivity index (χ2v) is 4.07. The van der Waals surface area contributed by atoms with E-state index in [9.17, 15) is 13.6 Å². The van der Waals surface area contributed by atoms with Gasteiger partial charge < -0.3 is 16.4 Å². The number of amides is 1. The molecule has 0 aliphatic heterocycles. The molecule has 0 saturated carbocycles. The minimum absolute atomic E-state index is 0.00302. The molecule has 0 aliphatic carbocycles. The van der Waals surface area contributed by atoms with Crippen LogP contribution in [0.25, 0.3) is 0 Å². The van der Waals surface area contributed by atoms with Crippen LogP contribution in [0.15, 0.2) is 12.1 Å². The predicted molar refractivity (Wildman–Crippen MR) is 67.1 cm³/mol. The van der Waals surface area contributed by atoms with E-state index in [0.29, 0.717) is 13.0 Å². The van der Waals surface area contributed by atoms with Crippen LogP contribution in [-0.2, 0) is 4.79 Å². The molecule has 0 aromatic heterocycles. The van der Waals surface area contributed by atoms with Crippen molar-refractivity contribution in [2.75, 3.05) is 23.7 Å². The van der Waals surface area contributed by atoms with Crippen LogP contribution in [0.3, 0.4) is 0 Å². The van der Waals surface area contributed by atoms with Crippen LogP contribution >= 0.6 is 0 Å². The number of rotatable bonds is 6. The number of carbonyl (C=O) groups is 1. The summed E-state index contributed by atoms with van der Waals surface area (Å²) < 4.78 is 27.5. The molecule has 0 saturated heterocycles.